The number of rotatable bonds is 5. The van der Waals surface area contributed by atoms with Crippen molar-refractivity contribution < 1.29 is 9.18 Å². The maximum absolute atomic E-state index is 13.0. The zero-order chi connectivity index (χ0) is 15.2. The lowest BCUT2D eigenvalue weighted by Crippen LogP contribution is -2.13. The molecule has 1 aromatic heterocycles. The second-order valence-corrected chi connectivity index (χ2v) is 4.59. The first-order valence-corrected chi connectivity index (χ1v) is 6.55. The number of halogens is 2. The van der Waals surface area contributed by atoms with Gasteiger partial charge in [-0.3, -0.25) is 4.79 Å². The fourth-order valence-corrected chi connectivity index (χ4v) is 1.77. The van der Waals surface area contributed by atoms with E-state index in [0.29, 0.717) is 12.2 Å². The quantitative estimate of drug-likeness (QED) is 0.828. The van der Waals surface area contributed by atoms with Gasteiger partial charge in [0, 0.05) is 12.2 Å². The summed E-state index contributed by atoms with van der Waals surface area (Å²) in [5.41, 5.74) is 1.44. The average Bonchev–Trinajstić information content (AvgIpc) is 2.49. The van der Waals surface area contributed by atoms with Crippen molar-refractivity contribution in [3.63, 3.8) is 0 Å². The molecule has 4 nitrogen and oxygen atoms in total. The van der Waals surface area contributed by atoms with Gasteiger partial charge in [-0.1, -0.05) is 17.7 Å². The van der Waals surface area contributed by atoms with Crippen LogP contribution in [0, 0.1) is 5.82 Å². The number of nitrogens with zero attached hydrogens (tertiary/aromatic N) is 1. The van der Waals surface area contributed by atoms with E-state index in [9.17, 15) is 9.18 Å². The standard InChI is InChI=1S/C15H13ClFN3O/c1-2-7-18-11-4-6-14(19-9-11)15(21)20-10-3-5-13(17)12(16)8-10/h2-6,8-9,18H,1,7H2,(H,20,21). The monoisotopic (exact) mass is 305 g/mol. The summed E-state index contributed by atoms with van der Waals surface area (Å²) in [7, 11) is 0. The summed E-state index contributed by atoms with van der Waals surface area (Å²) in [5.74, 6) is -0.932. The van der Waals surface area contributed by atoms with Crippen molar-refractivity contribution in [1.29, 1.82) is 0 Å². The van der Waals surface area contributed by atoms with Crippen LogP contribution in [0.2, 0.25) is 5.02 Å². The van der Waals surface area contributed by atoms with Crippen LogP contribution in [-0.2, 0) is 0 Å². The Kier molecular flexibility index (Phi) is 4.90. The minimum absolute atomic E-state index is 0.0512. The molecule has 0 saturated carbocycles. The van der Waals surface area contributed by atoms with Gasteiger partial charge in [-0.2, -0.15) is 0 Å². The van der Waals surface area contributed by atoms with Crippen molar-refractivity contribution in [1.82, 2.24) is 4.98 Å². The van der Waals surface area contributed by atoms with Crippen LogP contribution >= 0.6 is 11.6 Å². The van der Waals surface area contributed by atoms with E-state index in [1.165, 1.54) is 18.2 Å². The Hall–Kier alpha value is -2.40. The minimum Gasteiger partial charge on any atom is -0.380 e. The van der Waals surface area contributed by atoms with Crippen molar-refractivity contribution in [2.75, 3.05) is 17.2 Å². The second kappa shape index (κ2) is 6.85. The molecule has 0 unspecified atom stereocenters. The lowest BCUT2D eigenvalue weighted by molar-refractivity contribution is 0.102. The second-order valence-electron chi connectivity index (χ2n) is 4.18. The van der Waals surface area contributed by atoms with Crippen molar-refractivity contribution in [3.05, 3.63) is 65.7 Å². The number of pyridine rings is 1. The van der Waals surface area contributed by atoms with Gasteiger partial charge in [-0.15, -0.1) is 6.58 Å². The van der Waals surface area contributed by atoms with Crippen LogP contribution in [-0.4, -0.2) is 17.4 Å². The van der Waals surface area contributed by atoms with Crippen LogP contribution in [0.3, 0.4) is 0 Å². The van der Waals surface area contributed by atoms with Gasteiger partial charge in [0.15, 0.2) is 0 Å². The molecule has 0 aliphatic carbocycles. The molecule has 0 fully saturated rings. The summed E-state index contributed by atoms with van der Waals surface area (Å²) in [4.78, 5) is 16.0. The Morgan fingerprint density at radius 2 is 2.10 bits per heavy atom. The highest BCUT2D eigenvalue weighted by Gasteiger charge is 2.09. The zero-order valence-electron chi connectivity index (χ0n) is 11.1. The SMILES string of the molecule is C=CCNc1ccc(C(=O)Nc2ccc(F)c(Cl)c2)nc1. The Morgan fingerprint density at radius 1 is 1.33 bits per heavy atom. The number of aromatic nitrogens is 1. The molecule has 6 heteroatoms. The third kappa shape index (κ3) is 4.03. The first-order valence-electron chi connectivity index (χ1n) is 6.17. The molecule has 2 aromatic rings. The molecule has 1 aromatic carbocycles. The molecule has 0 aliphatic rings. The first kappa shape index (κ1) is 15.0. The highest BCUT2D eigenvalue weighted by atomic mass is 35.5. The summed E-state index contributed by atoms with van der Waals surface area (Å²) in [6.07, 6.45) is 3.27. The first-order chi connectivity index (χ1) is 10.1. The molecule has 0 spiro atoms. The third-order valence-electron chi connectivity index (χ3n) is 2.62. The normalized spacial score (nSPS) is 10.0. The number of nitrogens with one attached hydrogen (secondary N) is 2. The minimum atomic E-state index is -0.537. The fraction of sp³-hybridized carbons (Fsp3) is 0.0667. The largest absolute Gasteiger partial charge is 0.380 e. The molecule has 21 heavy (non-hydrogen) atoms. The van der Waals surface area contributed by atoms with E-state index in [0.717, 1.165) is 5.69 Å². The van der Waals surface area contributed by atoms with Gasteiger partial charge in [-0.25, -0.2) is 9.37 Å². The topological polar surface area (TPSA) is 54.0 Å². The molecule has 0 bridgehead atoms. The van der Waals surface area contributed by atoms with Gasteiger partial charge in [0.1, 0.15) is 11.5 Å². The number of anilines is 2. The highest BCUT2D eigenvalue weighted by molar-refractivity contribution is 6.31. The molecular weight excluding hydrogens is 293 g/mol. The molecule has 0 saturated heterocycles. The summed E-state index contributed by atoms with van der Waals surface area (Å²) >= 11 is 5.65. The van der Waals surface area contributed by atoms with Gasteiger partial charge in [-0.05, 0) is 30.3 Å². The summed E-state index contributed by atoms with van der Waals surface area (Å²) in [6.45, 7) is 4.21. The lowest BCUT2D eigenvalue weighted by atomic mass is 10.2. The maximum atomic E-state index is 13.0. The van der Waals surface area contributed by atoms with Crippen molar-refractivity contribution in [2.24, 2.45) is 0 Å². The van der Waals surface area contributed by atoms with E-state index in [1.807, 2.05) is 0 Å². The van der Waals surface area contributed by atoms with Gasteiger partial charge in [0.25, 0.3) is 5.91 Å². The fourth-order valence-electron chi connectivity index (χ4n) is 1.59. The van der Waals surface area contributed by atoms with Gasteiger partial charge in [0.05, 0.1) is 16.9 Å². The molecule has 1 amide bonds. The molecular formula is C15H13ClFN3O. The van der Waals surface area contributed by atoms with Crippen LogP contribution < -0.4 is 10.6 Å². The van der Waals surface area contributed by atoms with E-state index >= 15 is 0 Å². The van der Waals surface area contributed by atoms with Crippen molar-refractivity contribution in [2.45, 2.75) is 0 Å². The van der Waals surface area contributed by atoms with Crippen LogP contribution in [0.4, 0.5) is 15.8 Å². The summed E-state index contributed by atoms with van der Waals surface area (Å²) in [5, 5.41) is 5.60. The van der Waals surface area contributed by atoms with Crippen LogP contribution in [0.25, 0.3) is 0 Å². The molecule has 0 radical (unpaired) electrons. The Bertz CT molecular complexity index is 658. The number of benzene rings is 1. The van der Waals surface area contributed by atoms with Crippen molar-refractivity contribution >= 4 is 28.9 Å². The Morgan fingerprint density at radius 3 is 2.71 bits per heavy atom. The van der Waals surface area contributed by atoms with Crippen LogP contribution in [0.5, 0.6) is 0 Å². The molecule has 0 aliphatic heterocycles. The van der Waals surface area contributed by atoms with Gasteiger partial charge >= 0.3 is 0 Å². The van der Waals surface area contributed by atoms with Crippen LogP contribution in [0.1, 0.15) is 10.5 Å². The van der Waals surface area contributed by atoms with Crippen molar-refractivity contribution in [3.8, 4) is 0 Å². The van der Waals surface area contributed by atoms with E-state index in [-0.39, 0.29) is 10.7 Å². The molecule has 2 rings (SSSR count). The Labute approximate surface area is 126 Å². The average molecular weight is 306 g/mol. The third-order valence-corrected chi connectivity index (χ3v) is 2.91. The summed E-state index contributed by atoms with van der Waals surface area (Å²) < 4.78 is 13.0. The highest BCUT2D eigenvalue weighted by Crippen LogP contribution is 2.19. The van der Waals surface area contributed by atoms with E-state index in [2.05, 4.69) is 22.2 Å². The Balaban J connectivity index is 2.05. The number of hydrogen-bond donors (Lipinski definition) is 2. The van der Waals surface area contributed by atoms with E-state index < -0.39 is 11.7 Å². The molecule has 108 valence electrons. The molecule has 1 heterocycles. The van der Waals surface area contributed by atoms with Gasteiger partial charge in [0.2, 0.25) is 0 Å². The number of carbonyl (C=O) groups is 1. The number of hydrogen-bond acceptors (Lipinski definition) is 3. The lowest BCUT2D eigenvalue weighted by Gasteiger charge is -2.07. The maximum Gasteiger partial charge on any atom is 0.274 e. The zero-order valence-corrected chi connectivity index (χ0v) is 11.8. The van der Waals surface area contributed by atoms with Crippen LogP contribution in [0.15, 0.2) is 49.2 Å². The van der Waals surface area contributed by atoms with E-state index in [4.69, 9.17) is 11.6 Å². The summed E-state index contributed by atoms with van der Waals surface area (Å²) in [6, 6.07) is 7.29. The number of carbonyl (C=O) groups excluding carboxylic acids is 1. The predicted octanol–water partition coefficient (Wildman–Crippen LogP) is 3.72. The molecule has 2 N–H and O–H groups in total. The number of amides is 1. The van der Waals surface area contributed by atoms with Gasteiger partial charge < -0.3 is 10.6 Å². The smallest absolute Gasteiger partial charge is 0.274 e. The van der Waals surface area contributed by atoms with E-state index in [1.54, 1.807) is 24.4 Å². The molecule has 0 atom stereocenters. The predicted molar refractivity (Wildman–Crippen MR) is 82.3 cm³/mol.